The molecule has 0 atom stereocenters. The molecule has 0 aliphatic heterocycles. The maximum absolute atomic E-state index is 5.84. The van der Waals surface area contributed by atoms with Gasteiger partial charge in [-0.15, -0.1) is 0 Å². The van der Waals surface area contributed by atoms with E-state index in [4.69, 9.17) is 10.5 Å². The summed E-state index contributed by atoms with van der Waals surface area (Å²) < 4.78 is 5.15. The summed E-state index contributed by atoms with van der Waals surface area (Å²) in [5.74, 6) is 1.70. The zero-order valence-electron chi connectivity index (χ0n) is 12.2. The van der Waals surface area contributed by atoms with Crippen LogP contribution in [0.15, 0.2) is 42.6 Å². The van der Waals surface area contributed by atoms with Crippen molar-refractivity contribution in [1.82, 2.24) is 4.98 Å². The molecule has 0 fully saturated rings. The summed E-state index contributed by atoms with van der Waals surface area (Å²) in [6, 6.07) is 12.2. The highest BCUT2D eigenvalue weighted by molar-refractivity contribution is 5.45. The van der Waals surface area contributed by atoms with Crippen LogP contribution in [0, 0.1) is 0 Å². The number of benzene rings is 1. The van der Waals surface area contributed by atoms with Gasteiger partial charge in [-0.2, -0.15) is 0 Å². The molecule has 1 heterocycles. The van der Waals surface area contributed by atoms with E-state index in [1.807, 2.05) is 30.3 Å². The summed E-state index contributed by atoms with van der Waals surface area (Å²) >= 11 is 0. The van der Waals surface area contributed by atoms with E-state index < -0.39 is 0 Å². The molecular formula is C16H21N3O. The Morgan fingerprint density at radius 3 is 2.60 bits per heavy atom. The van der Waals surface area contributed by atoms with Gasteiger partial charge in [-0.1, -0.05) is 12.1 Å². The van der Waals surface area contributed by atoms with E-state index in [0.29, 0.717) is 6.04 Å². The second-order valence-corrected chi connectivity index (χ2v) is 5.02. The molecule has 0 aliphatic carbocycles. The van der Waals surface area contributed by atoms with Crippen LogP contribution in [0.4, 0.5) is 11.5 Å². The Kier molecular flexibility index (Phi) is 4.45. The standard InChI is InChI=1S/C16H21N3O/c1-12(2)19(11-13-5-4-6-14(17)9-13)16-8-7-15(20-3)10-18-16/h4-10,12H,11,17H2,1-3H3. The molecule has 0 radical (unpaired) electrons. The number of hydrogen-bond donors (Lipinski definition) is 1. The highest BCUT2D eigenvalue weighted by Crippen LogP contribution is 2.20. The lowest BCUT2D eigenvalue weighted by molar-refractivity contribution is 0.413. The van der Waals surface area contributed by atoms with E-state index in [1.54, 1.807) is 13.3 Å². The van der Waals surface area contributed by atoms with Crippen LogP contribution in [0.3, 0.4) is 0 Å². The Morgan fingerprint density at radius 2 is 2.05 bits per heavy atom. The van der Waals surface area contributed by atoms with E-state index in [1.165, 1.54) is 5.56 Å². The van der Waals surface area contributed by atoms with Crippen LogP contribution in [0.25, 0.3) is 0 Å². The number of anilines is 2. The number of rotatable bonds is 5. The third kappa shape index (κ3) is 3.41. The van der Waals surface area contributed by atoms with Gasteiger partial charge >= 0.3 is 0 Å². The molecule has 4 nitrogen and oxygen atoms in total. The molecule has 20 heavy (non-hydrogen) atoms. The number of methoxy groups -OCH3 is 1. The fourth-order valence-electron chi connectivity index (χ4n) is 2.08. The molecule has 1 aromatic carbocycles. The second-order valence-electron chi connectivity index (χ2n) is 5.02. The van der Waals surface area contributed by atoms with Crippen LogP contribution in [0.5, 0.6) is 5.75 Å². The van der Waals surface area contributed by atoms with Crippen LogP contribution in [0.1, 0.15) is 19.4 Å². The molecule has 106 valence electrons. The topological polar surface area (TPSA) is 51.4 Å². The number of aromatic nitrogens is 1. The van der Waals surface area contributed by atoms with Gasteiger partial charge in [0, 0.05) is 18.3 Å². The Hall–Kier alpha value is -2.23. The molecule has 0 bridgehead atoms. The van der Waals surface area contributed by atoms with Gasteiger partial charge in [-0.3, -0.25) is 0 Å². The van der Waals surface area contributed by atoms with Gasteiger partial charge < -0.3 is 15.4 Å². The average molecular weight is 271 g/mol. The van der Waals surface area contributed by atoms with Gasteiger partial charge in [-0.25, -0.2) is 4.98 Å². The number of nitrogens with zero attached hydrogens (tertiary/aromatic N) is 2. The molecule has 0 aliphatic rings. The molecule has 4 heteroatoms. The molecule has 0 spiro atoms. The van der Waals surface area contributed by atoms with Gasteiger partial charge in [0.2, 0.25) is 0 Å². The van der Waals surface area contributed by atoms with Crippen LogP contribution in [0.2, 0.25) is 0 Å². The normalized spacial score (nSPS) is 10.6. The molecule has 1 aromatic heterocycles. The van der Waals surface area contributed by atoms with Crippen molar-refractivity contribution in [1.29, 1.82) is 0 Å². The quantitative estimate of drug-likeness (QED) is 0.849. The second kappa shape index (κ2) is 6.28. The van der Waals surface area contributed by atoms with Gasteiger partial charge in [0.1, 0.15) is 11.6 Å². The lowest BCUT2D eigenvalue weighted by atomic mass is 10.1. The Labute approximate surface area is 120 Å². The van der Waals surface area contributed by atoms with Crippen molar-refractivity contribution in [2.75, 3.05) is 17.7 Å². The van der Waals surface area contributed by atoms with E-state index in [2.05, 4.69) is 29.8 Å². The third-order valence-corrected chi connectivity index (χ3v) is 3.18. The Balaban J connectivity index is 2.22. The summed E-state index contributed by atoms with van der Waals surface area (Å²) in [6.45, 7) is 5.08. The predicted molar refractivity (Wildman–Crippen MR) is 83.0 cm³/mol. The van der Waals surface area contributed by atoms with Gasteiger partial charge in [0.25, 0.3) is 0 Å². The number of hydrogen-bond acceptors (Lipinski definition) is 4. The first kappa shape index (κ1) is 14.2. The van der Waals surface area contributed by atoms with Crippen molar-refractivity contribution in [2.24, 2.45) is 0 Å². The van der Waals surface area contributed by atoms with Gasteiger partial charge in [0.05, 0.1) is 13.3 Å². The van der Waals surface area contributed by atoms with Crippen LogP contribution >= 0.6 is 0 Å². The van der Waals surface area contributed by atoms with Gasteiger partial charge in [0.15, 0.2) is 0 Å². The SMILES string of the molecule is COc1ccc(N(Cc2cccc(N)c2)C(C)C)nc1. The number of ether oxygens (including phenoxy) is 1. The smallest absolute Gasteiger partial charge is 0.137 e. The number of nitrogens with two attached hydrogens (primary N) is 1. The van der Waals surface area contributed by atoms with Crippen LogP contribution in [-0.4, -0.2) is 18.1 Å². The van der Waals surface area contributed by atoms with E-state index in [-0.39, 0.29) is 0 Å². The predicted octanol–water partition coefficient (Wildman–Crippen LogP) is 3.09. The van der Waals surface area contributed by atoms with Crippen molar-refractivity contribution in [3.8, 4) is 5.75 Å². The summed E-state index contributed by atoms with van der Waals surface area (Å²) in [7, 11) is 1.64. The van der Waals surface area contributed by atoms with E-state index in [0.717, 1.165) is 23.8 Å². The monoisotopic (exact) mass is 271 g/mol. The summed E-state index contributed by atoms with van der Waals surface area (Å²) in [4.78, 5) is 6.69. The van der Waals surface area contributed by atoms with Crippen molar-refractivity contribution in [3.05, 3.63) is 48.2 Å². The minimum atomic E-state index is 0.345. The molecular weight excluding hydrogens is 250 g/mol. The lowest BCUT2D eigenvalue weighted by Gasteiger charge is -2.28. The van der Waals surface area contributed by atoms with E-state index in [9.17, 15) is 0 Å². The average Bonchev–Trinajstić information content (AvgIpc) is 2.45. The molecule has 0 saturated heterocycles. The molecule has 0 saturated carbocycles. The zero-order chi connectivity index (χ0) is 14.5. The summed E-state index contributed by atoms with van der Waals surface area (Å²) in [5.41, 5.74) is 7.80. The molecule has 2 rings (SSSR count). The Morgan fingerprint density at radius 1 is 1.25 bits per heavy atom. The first-order valence-electron chi connectivity index (χ1n) is 6.71. The molecule has 2 N–H and O–H groups in total. The first-order valence-corrected chi connectivity index (χ1v) is 6.71. The van der Waals surface area contributed by atoms with Crippen LogP contribution in [-0.2, 0) is 6.54 Å². The fourth-order valence-corrected chi connectivity index (χ4v) is 2.08. The van der Waals surface area contributed by atoms with E-state index >= 15 is 0 Å². The number of nitrogen functional groups attached to an aromatic ring is 1. The maximum Gasteiger partial charge on any atom is 0.137 e. The molecule has 0 amide bonds. The largest absolute Gasteiger partial charge is 0.495 e. The minimum Gasteiger partial charge on any atom is -0.495 e. The van der Waals surface area contributed by atoms with Crippen molar-refractivity contribution in [3.63, 3.8) is 0 Å². The van der Waals surface area contributed by atoms with Gasteiger partial charge in [-0.05, 0) is 43.7 Å². The lowest BCUT2D eigenvalue weighted by Crippen LogP contribution is -2.30. The molecule has 0 unspecified atom stereocenters. The highest BCUT2D eigenvalue weighted by atomic mass is 16.5. The first-order chi connectivity index (χ1) is 9.60. The third-order valence-electron chi connectivity index (χ3n) is 3.18. The van der Waals surface area contributed by atoms with Crippen LogP contribution < -0.4 is 15.4 Å². The molecule has 2 aromatic rings. The Bertz CT molecular complexity index is 552. The van der Waals surface area contributed by atoms with Crippen molar-refractivity contribution in [2.45, 2.75) is 26.4 Å². The maximum atomic E-state index is 5.84. The fraction of sp³-hybridized carbons (Fsp3) is 0.312. The zero-order valence-corrected chi connectivity index (χ0v) is 12.2. The van der Waals surface area contributed by atoms with Crippen molar-refractivity contribution < 1.29 is 4.74 Å². The summed E-state index contributed by atoms with van der Waals surface area (Å²) in [5, 5.41) is 0. The number of pyridine rings is 1. The van der Waals surface area contributed by atoms with Crippen molar-refractivity contribution >= 4 is 11.5 Å². The minimum absolute atomic E-state index is 0.345. The highest BCUT2D eigenvalue weighted by Gasteiger charge is 2.12. The summed E-state index contributed by atoms with van der Waals surface area (Å²) in [6.07, 6.45) is 1.74.